The van der Waals surface area contributed by atoms with Crippen LogP contribution < -0.4 is 0 Å². The van der Waals surface area contributed by atoms with Gasteiger partial charge in [-0.3, -0.25) is 0 Å². The van der Waals surface area contributed by atoms with Gasteiger partial charge in [-0.2, -0.15) is 0 Å². The van der Waals surface area contributed by atoms with Gasteiger partial charge in [-0.1, -0.05) is 23.7 Å². The fourth-order valence-electron chi connectivity index (χ4n) is 2.11. The Kier molecular flexibility index (Phi) is 3.62. The molecule has 0 saturated carbocycles. The number of hydrogen-bond acceptors (Lipinski definition) is 3. The number of ether oxygens (including phenoxy) is 1. The molecule has 0 saturated heterocycles. The standard InChI is InChI=1S/C16H13ClN2O2/c1-2-21-16(20)14-10-19-8-7-12(9-15(19)18-14)11-3-5-13(17)6-4-11/h3-10H,2H2,1H3. The van der Waals surface area contributed by atoms with Crippen LogP contribution in [0.3, 0.4) is 0 Å². The minimum atomic E-state index is -0.408. The molecule has 0 radical (unpaired) electrons. The molecule has 4 nitrogen and oxygen atoms in total. The third-order valence-corrected chi connectivity index (χ3v) is 3.37. The maximum Gasteiger partial charge on any atom is 0.358 e. The summed E-state index contributed by atoms with van der Waals surface area (Å²) in [5, 5.41) is 0.699. The normalized spacial score (nSPS) is 10.8. The highest BCUT2D eigenvalue weighted by molar-refractivity contribution is 6.30. The number of carbonyl (C=O) groups excluding carboxylic acids is 1. The van der Waals surface area contributed by atoms with Gasteiger partial charge in [0.1, 0.15) is 5.65 Å². The van der Waals surface area contributed by atoms with E-state index < -0.39 is 5.97 Å². The summed E-state index contributed by atoms with van der Waals surface area (Å²) in [5.41, 5.74) is 3.07. The van der Waals surface area contributed by atoms with E-state index in [0.717, 1.165) is 11.1 Å². The Morgan fingerprint density at radius 1 is 1.24 bits per heavy atom. The van der Waals surface area contributed by atoms with E-state index in [4.69, 9.17) is 16.3 Å². The summed E-state index contributed by atoms with van der Waals surface area (Å²) in [5.74, 6) is -0.408. The van der Waals surface area contributed by atoms with Gasteiger partial charge in [-0.15, -0.1) is 0 Å². The minimum absolute atomic E-state index is 0.310. The topological polar surface area (TPSA) is 43.6 Å². The van der Waals surface area contributed by atoms with Gasteiger partial charge in [0.2, 0.25) is 0 Å². The second-order valence-electron chi connectivity index (χ2n) is 4.53. The van der Waals surface area contributed by atoms with Gasteiger partial charge in [-0.25, -0.2) is 9.78 Å². The van der Waals surface area contributed by atoms with E-state index in [-0.39, 0.29) is 0 Å². The highest BCUT2D eigenvalue weighted by Crippen LogP contribution is 2.22. The Hall–Kier alpha value is -2.33. The molecule has 0 amide bonds. The van der Waals surface area contributed by atoms with Crippen molar-refractivity contribution in [1.29, 1.82) is 0 Å². The summed E-state index contributed by atoms with van der Waals surface area (Å²) in [6.45, 7) is 2.11. The zero-order valence-corrected chi connectivity index (χ0v) is 12.2. The van der Waals surface area contributed by atoms with Gasteiger partial charge in [0.15, 0.2) is 5.69 Å². The summed E-state index contributed by atoms with van der Waals surface area (Å²) < 4.78 is 6.75. The molecule has 3 aromatic rings. The molecular weight excluding hydrogens is 288 g/mol. The van der Waals surface area contributed by atoms with E-state index in [0.29, 0.717) is 23.0 Å². The van der Waals surface area contributed by atoms with E-state index in [1.165, 1.54) is 0 Å². The average Bonchev–Trinajstić information content (AvgIpc) is 2.91. The Balaban J connectivity index is 2.00. The van der Waals surface area contributed by atoms with Gasteiger partial charge < -0.3 is 9.14 Å². The Morgan fingerprint density at radius 3 is 2.71 bits per heavy atom. The molecule has 2 aromatic heterocycles. The maximum absolute atomic E-state index is 11.7. The largest absolute Gasteiger partial charge is 0.461 e. The molecular formula is C16H13ClN2O2. The molecule has 106 valence electrons. The lowest BCUT2D eigenvalue weighted by Gasteiger charge is -2.02. The lowest BCUT2D eigenvalue weighted by atomic mass is 10.1. The Morgan fingerprint density at radius 2 is 2.00 bits per heavy atom. The molecule has 0 unspecified atom stereocenters. The first-order chi connectivity index (χ1) is 10.2. The third-order valence-electron chi connectivity index (χ3n) is 3.12. The number of hydrogen-bond donors (Lipinski definition) is 0. The Labute approximate surface area is 126 Å². The average molecular weight is 301 g/mol. The van der Waals surface area contributed by atoms with Crippen LogP contribution in [0.2, 0.25) is 5.02 Å². The number of fused-ring (bicyclic) bond motifs is 1. The predicted molar refractivity (Wildman–Crippen MR) is 81.6 cm³/mol. The molecule has 0 fully saturated rings. The zero-order chi connectivity index (χ0) is 14.8. The lowest BCUT2D eigenvalue weighted by Crippen LogP contribution is -2.04. The second-order valence-corrected chi connectivity index (χ2v) is 4.97. The molecule has 5 heteroatoms. The summed E-state index contributed by atoms with van der Waals surface area (Å²) in [6, 6.07) is 11.5. The molecule has 0 atom stereocenters. The van der Waals surface area contributed by atoms with Crippen LogP contribution in [-0.4, -0.2) is 22.0 Å². The van der Waals surface area contributed by atoms with Crippen molar-refractivity contribution in [2.24, 2.45) is 0 Å². The first-order valence-electron chi connectivity index (χ1n) is 6.59. The van der Waals surface area contributed by atoms with Gasteiger partial charge in [0.05, 0.1) is 6.61 Å². The van der Waals surface area contributed by atoms with Crippen molar-refractivity contribution >= 4 is 23.2 Å². The number of pyridine rings is 1. The van der Waals surface area contributed by atoms with Gasteiger partial charge in [0, 0.05) is 17.4 Å². The number of aromatic nitrogens is 2. The van der Waals surface area contributed by atoms with Crippen LogP contribution in [0, 0.1) is 0 Å². The molecule has 0 aliphatic rings. The molecule has 1 aromatic carbocycles. The molecule has 0 bridgehead atoms. The number of benzene rings is 1. The van der Waals surface area contributed by atoms with Gasteiger partial charge in [0.25, 0.3) is 0 Å². The van der Waals surface area contributed by atoms with Crippen LogP contribution in [0.4, 0.5) is 0 Å². The van der Waals surface area contributed by atoms with E-state index >= 15 is 0 Å². The number of rotatable bonds is 3. The number of nitrogens with zero attached hydrogens (tertiary/aromatic N) is 2. The van der Waals surface area contributed by atoms with Crippen molar-refractivity contribution in [1.82, 2.24) is 9.38 Å². The molecule has 0 aliphatic heterocycles. The fraction of sp³-hybridized carbons (Fsp3) is 0.125. The molecule has 0 spiro atoms. The molecule has 2 heterocycles. The molecule has 3 rings (SSSR count). The molecule has 21 heavy (non-hydrogen) atoms. The molecule has 0 aliphatic carbocycles. The van der Waals surface area contributed by atoms with E-state index in [2.05, 4.69) is 4.98 Å². The van der Waals surface area contributed by atoms with Crippen LogP contribution in [0.25, 0.3) is 16.8 Å². The third kappa shape index (κ3) is 2.76. The van der Waals surface area contributed by atoms with Crippen LogP contribution >= 0.6 is 11.6 Å². The number of halogens is 1. The van der Waals surface area contributed by atoms with Crippen molar-refractivity contribution in [3.05, 3.63) is 59.5 Å². The summed E-state index contributed by atoms with van der Waals surface area (Å²) >= 11 is 5.89. The highest BCUT2D eigenvalue weighted by atomic mass is 35.5. The van der Waals surface area contributed by atoms with Crippen molar-refractivity contribution < 1.29 is 9.53 Å². The monoisotopic (exact) mass is 300 g/mol. The smallest absolute Gasteiger partial charge is 0.358 e. The van der Waals surface area contributed by atoms with Crippen LogP contribution in [0.15, 0.2) is 48.8 Å². The van der Waals surface area contributed by atoms with Crippen LogP contribution in [0.5, 0.6) is 0 Å². The summed E-state index contributed by atoms with van der Waals surface area (Å²) in [4.78, 5) is 16.0. The van der Waals surface area contributed by atoms with Gasteiger partial charge >= 0.3 is 5.97 Å². The quantitative estimate of drug-likeness (QED) is 0.690. The predicted octanol–water partition coefficient (Wildman–Crippen LogP) is 3.83. The lowest BCUT2D eigenvalue weighted by molar-refractivity contribution is 0.0520. The van der Waals surface area contributed by atoms with Crippen molar-refractivity contribution in [2.45, 2.75) is 6.92 Å². The number of carbonyl (C=O) groups is 1. The highest BCUT2D eigenvalue weighted by Gasteiger charge is 2.11. The minimum Gasteiger partial charge on any atom is -0.461 e. The van der Waals surface area contributed by atoms with Crippen LogP contribution in [0.1, 0.15) is 17.4 Å². The van der Waals surface area contributed by atoms with E-state index in [1.54, 1.807) is 17.5 Å². The number of esters is 1. The molecule has 0 N–H and O–H groups in total. The van der Waals surface area contributed by atoms with Gasteiger partial charge in [-0.05, 0) is 42.3 Å². The SMILES string of the molecule is CCOC(=O)c1cn2ccc(-c3ccc(Cl)cc3)cc2n1. The van der Waals surface area contributed by atoms with Crippen molar-refractivity contribution in [3.8, 4) is 11.1 Å². The van der Waals surface area contributed by atoms with Crippen molar-refractivity contribution in [3.63, 3.8) is 0 Å². The maximum atomic E-state index is 11.7. The Bertz CT molecular complexity index is 794. The number of imidazole rings is 1. The summed E-state index contributed by atoms with van der Waals surface area (Å²) in [7, 11) is 0. The zero-order valence-electron chi connectivity index (χ0n) is 11.4. The second kappa shape index (κ2) is 5.58. The van der Waals surface area contributed by atoms with E-state index in [1.807, 2.05) is 42.6 Å². The van der Waals surface area contributed by atoms with E-state index in [9.17, 15) is 4.79 Å². The van der Waals surface area contributed by atoms with Crippen molar-refractivity contribution in [2.75, 3.05) is 6.61 Å². The fourth-order valence-corrected chi connectivity index (χ4v) is 2.23. The summed E-state index contributed by atoms with van der Waals surface area (Å²) in [6.07, 6.45) is 3.54. The van der Waals surface area contributed by atoms with Crippen LogP contribution in [-0.2, 0) is 4.74 Å². The first-order valence-corrected chi connectivity index (χ1v) is 6.97. The first kappa shape index (κ1) is 13.6.